The Morgan fingerprint density at radius 3 is 2.68 bits per heavy atom. The third kappa shape index (κ3) is 3.66. The molecule has 0 aliphatic carbocycles. The first kappa shape index (κ1) is 20.0. The van der Waals surface area contributed by atoms with Gasteiger partial charge in [-0.25, -0.2) is 4.68 Å². The second-order valence-electron chi connectivity index (χ2n) is 8.82. The summed E-state index contributed by atoms with van der Waals surface area (Å²) in [6.45, 7) is 6.40. The molecule has 0 saturated carbocycles. The Labute approximate surface area is 183 Å². The molecule has 2 aliphatic heterocycles. The number of nitrogens with zero attached hydrogens (tertiary/aromatic N) is 6. The Hall–Kier alpha value is -2.96. The van der Waals surface area contributed by atoms with Crippen LogP contribution < -0.4 is 0 Å². The Bertz CT molecular complexity index is 1080. The van der Waals surface area contributed by atoms with Gasteiger partial charge in [0.2, 0.25) is 0 Å². The molecule has 1 fully saturated rings. The van der Waals surface area contributed by atoms with Crippen molar-refractivity contribution in [3.8, 4) is 5.69 Å². The predicted molar refractivity (Wildman–Crippen MR) is 118 cm³/mol. The predicted octanol–water partition coefficient (Wildman–Crippen LogP) is 3.83. The number of aromatic nitrogens is 5. The highest BCUT2D eigenvalue weighted by Gasteiger charge is 2.32. The monoisotopic (exact) mass is 418 g/mol. The Balaban J connectivity index is 1.40. The first-order valence-corrected chi connectivity index (χ1v) is 11.5. The molecule has 0 bridgehead atoms. The van der Waals surface area contributed by atoms with Crippen LogP contribution in [0.2, 0.25) is 0 Å². The van der Waals surface area contributed by atoms with E-state index < -0.39 is 0 Å². The standard InChI is InChI=1S/C24H30N6O/c1-17-22(18(2)30(27-17)20-11-5-3-6-12-20)24(31)28-14-9-10-19(16-28)23-26-25-21-13-7-4-8-15-29(21)23/h3,5-6,11-12,19H,4,7-10,13-16H2,1-2H3. The third-order valence-electron chi connectivity index (χ3n) is 6.72. The molecule has 0 N–H and O–H groups in total. The number of rotatable bonds is 3. The summed E-state index contributed by atoms with van der Waals surface area (Å²) in [5.41, 5.74) is 3.38. The Kier molecular flexibility index (Phi) is 5.34. The van der Waals surface area contributed by atoms with Crippen LogP contribution in [0.3, 0.4) is 0 Å². The lowest BCUT2D eigenvalue weighted by Crippen LogP contribution is -2.40. The molecule has 0 radical (unpaired) electrons. The van der Waals surface area contributed by atoms with Crippen LogP contribution in [-0.2, 0) is 13.0 Å². The second kappa shape index (κ2) is 8.29. The van der Waals surface area contributed by atoms with Crippen LogP contribution in [0.15, 0.2) is 30.3 Å². The molecular formula is C24H30N6O. The lowest BCUT2D eigenvalue weighted by molar-refractivity contribution is 0.0701. The fourth-order valence-corrected chi connectivity index (χ4v) is 5.11. The number of hydrogen-bond acceptors (Lipinski definition) is 4. The Morgan fingerprint density at radius 1 is 1.00 bits per heavy atom. The number of carbonyl (C=O) groups excluding carboxylic acids is 1. The van der Waals surface area contributed by atoms with Gasteiger partial charge in [-0.15, -0.1) is 10.2 Å². The number of para-hydroxylation sites is 1. The number of benzene rings is 1. The molecule has 7 nitrogen and oxygen atoms in total. The molecule has 1 unspecified atom stereocenters. The maximum atomic E-state index is 13.6. The summed E-state index contributed by atoms with van der Waals surface area (Å²) in [7, 11) is 0. The van der Waals surface area contributed by atoms with Gasteiger partial charge in [-0.2, -0.15) is 5.10 Å². The quantitative estimate of drug-likeness (QED) is 0.648. The van der Waals surface area contributed by atoms with Crippen LogP contribution in [-0.4, -0.2) is 48.4 Å². The van der Waals surface area contributed by atoms with Gasteiger partial charge >= 0.3 is 0 Å². The molecule has 1 amide bonds. The van der Waals surface area contributed by atoms with Gasteiger partial charge in [0.05, 0.1) is 22.6 Å². The van der Waals surface area contributed by atoms with Crippen molar-refractivity contribution in [3.63, 3.8) is 0 Å². The lowest BCUT2D eigenvalue weighted by Gasteiger charge is -2.32. The zero-order valence-corrected chi connectivity index (χ0v) is 18.4. The summed E-state index contributed by atoms with van der Waals surface area (Å²) in [4.78, 5) is 15.6. The maximum absolute atomic E-state index is 13.6. The number of piperidine rings is 1. The highest BCUT2D eigenvalue weighted by atomic mass is 16.2. The molecule has 0 spiro atoms. The fourth-order valence-electron chi connectivity index (χ4n) is 5.11. The number of aryl methyl sites for hydroxylation is 2. The van der Waals surface area contributed by atoms with E-state index in [1.807, 2.05) is 53.8 Å². The average molecular weight is 419 g/mol. The van der Waals surface area contributed by atoms with E-state index in [1.54, 1.807) is 0 Å². The molecule has 2 aromatic heterocycles. The van der Waals surface area contributed by atoms with E-state index in [9.17, 15) is 4.79 Å². The zero-order chi connectivity index (χ0) is 21.4. The minimum absolute atomic E-state index is 0.0810. The maximum Gasteiger partial charge on any atom is 0.257 e. The molecule has 1 aromatic carbocycles. The number of amides is 1. The van der Waals surface area contributed by atoms with Crippen molar-refractivity contribution in [1.29, 1.82) is 0 Å². The van der Waals surface area contributed by atoms with Gasteiger partial charge in [0.15, 0.2) is 0 Å². The molecule has 1 atom stereocenters. The SMILES string of the molecule is Cc1nn(-c2ccccc2)c(C)c1C(=O)N1CCCC(c2nnc3n2CCCCC3)C1. The third-order valence-corrected chi connectivity index (χ3v) is 6.72. The van der Waals surface area contributed by atoms with Crippen molar-refractivity contribution in [3.05, 3.63) is 58.9 Å². The summed E-state index contributed by atoms with van der Waals surface area (Å²) >= 11 is 0. The van der Waals surface area contributed by atoms with Gasteiger partial charge in [0.1, 0.15) is 11.6 Å². The van der Waals surface area contributed by atoms with Crippen LogP contribution >= 0.6 is 0 Å². The van der Waals surface area contributed by atoms with Gasteiger partial charge in [-0.3, -0.25) is 4.79 Å². The van der Waals surface area contributed by atoms with E-state index in [2.05, 4.69) is 19.9 Å². The molecular weight excluding hydrogens is 388 g/mol. The van der Waals surface area contributed by atoms with Crippen LogP contribution in [0.1, 0.15) is 71.4 Å². The lowest BCUT2D eigenvalue weighted by atomic mass is 9.96. The van der Waals surface area contributed by atoms with Crippen LogP contribution in [0.5, 0.6) is 0 Å². The minimum atomic E-state index is 0.0810. The van der Waals surface area contributed by atoms with Crippen molar-refractivity contribution in [1.82, 2.24) is 29.4 Å². The van der Waals surface area contributed by atoms with Crippen molar-refractivity contribution < 1.29 is 4.79 Å². The number of fused-ring (bicyclic) bond motifs is 1. The number of likely N-dealkylation sites (tertiary alicyclic amines) is 1. The fraction of sp³-hybridized carbons (Fsp3) is 0.500. The van der Waals surface area contributed by atoms with Crippen molar-refractivity contribution in [2.24, 2.45) is 0 Å². The van der Waals surface area contributed by atoms with Crippen LogP contribution in [0.4, 0.5) is 0 Å². The highest BCUT2D eigenvalue weighted by Crippen LogP contribution is 2.30. The molecule has 5 rings (SSSR count). The summed E-state index contributed by atoms with van der Waals surface area (Å²) < 4.78 is 4.21. The van der Waals surface area contributed by atoms with Crippen LogP contribution in [0.25, 0.3) is 5.69 Å². The van der Waals surface area contributed by atoms with Crippen molar-refractivity contribution in [2.75, 3.05) is 13.1 Å². The van der Waals surface area contributed by atoms with E-state index in [0.717, 1.165) is 66.6 Å². The van der Waals surface area contributed by atoms with Crippen molar-refractivity contribution in [2.45, 2.75) is 64.8 Å². The van der Waals surface area contributed by atoms with Gasteiger partial charge in [-0.05, 0) is 51.7 Å². The van der Waals surface area contributed by atoms with Crippen molar-refractivity contribution >= 4 is 5.91 Å². The van der Waals surface area contributed by atoms with Gasteiger partial charge in [-0.1, -0.05) is 24.6 Å². The summed E-state index contributed by atoms with van der Waals surface area (Å²) in [6, 6.07) is 10.00. The number of hydrogen-bond donors (Lipinski definition) is 0. The molecule has 1 saturated heterocycles. The van der Waals surface area contributed by atoms with Crippen LogP contribution in [0, 0.1) is 13.8 Å². The topological polar surface area (TPSA) is 68.8 Å². The van der Waals surface area contributed by atoms with E-state index >= 15 is 0 Å². The van der Waals surface area contributed by atoms with Gasteiger partial charge in [0.25, 0.3) is 5.91 Å². The Morgan fingerprint density at radius 2 is 1.84 bits per heavy atom. The number of carbonyl (C=O) groups is 1. The highest BCUT2D eigenvalue weighted by molar-refractivity contribution is 5.96. The first-order chi connectivity index (χ1) is 15.1. The minimum Gasteiger partial charge on any atom is -0.338 e. The normalized spacial score (nSPS) is 19.2. The van der Waals surface area contributed by atoms with E-state index in [-0.39, 0.29) is 11.8 Å². The van der Waals surface area contributed by atoms with Gasteiger partial charge < -0.3 is 9.47 Å². The molecule has 2 aliphatic rings. The molecule has 4 heterocycles. The first-order valence-electron chi connectivity index (χ1n) is 11.5. The molecule has 162 valence electrons. The van der Waals surface area contributed by atoms with Gasteiger partial charge in [0, 0.05) is 32.0 Å². The zero-order valence-electron chi connectivity index (χ0n) is 18.4. The molecule has 3 aromatic rings. The van der Waals surface area contributed by atoms with E-state index in [4.69, 9.17) is 0 Å². The summed E-state index contributed by atoms with van der Waals surface area (Å²) in [5, 5.41) is 13.7. The largest absolute Gasteiger partial charge is 0.338 e. The van der Waals surface area contributed by atoms with E-state index in [1.165, 1.54) is 19.3 Å². The van der Waals surface area contributed by atoms with E-state index in [0.29, 0.717) is 6.54 Å². The second-order valence-corrected chi connectivity index (χ2v) is 8.82. The summed E-state index contributed by atoms with van der Waals surface area (Å²) in [5.74, 6) is 2.52. The molecule has 31 heavy (non-hydrogen) atoms. The average Bonchev–Trinajstić information content (AvgIpc) is 3.24. The smallest absolute Gasteiger partial charge is 0.257 e. The molecule has 7 heteroatoms. The summed E-state index contributed by atoms with van der Waals surface area (Å²) in [6.07, 6.45) is 6.69.